The Morgan fingerprint density at radius 1 is 1.33 bits per heavy atom. The first-order valence-electron chi connectivity index (χ1n) is 6.73. The maximum absolute atomic E-state index is 11.6. The number of anilines is 1. The van der Waals surface area contributed by atoms with Crippen LogP contribution in [0.3, 0.4) is 0 Å². The number of aliphatic carboxylic acids is 1. The molecule has 1 saturated carbocycles. The van der Waals surface area contributed by atoms with Crippen molar-refractivity contribution >= 4 is 17.7 Å². The minimum Gasteiger partial charge on any atom is -0.508 e. The van der Waals surface area contributed by atoms with Gasteiger partial charge in [-0.05, 0) is 38.8 Å². The van der Waals surface area contributed by atoms with Crippen LogP contribution >= 0.6 is 0 Å². The lowest BCUT2D eigenvalue weighted by atomic mass is 10.1. The fourth-order valence-electron chi connectivity index (χ4n) is 2.17. The number of carbonyl (C=O) groups excluding carboxylic acids is 1. The quantitative estimate of drug-likeness (QED) is 0.796. The molecule has 2 unspecified atom stereocenters. The highest BCUT2D eigenvalue weighted by Crippen LogP contribution is 2.50. The average Bonchev–Trinajstić information content (AvgIpc) is 3.06. The van der Waals surface area contributed by atoms with Gasteiger partial charge >= 0.3 is 12.1 Å². The maximum Gasteiger partial charge on any atom is 0.412 e. The lowest BCUT2D eigenvalue weighted by Crippen LogP contribution is -2.27. The molecular formula is C15H19NO5. The zero-order valence-electron chi connectivity index (χ0n) is 12.2. The van der Waals surface area contributed by atoms with Crippen LogP contribution in [-0.4, -0.2) is 27.9 Å². The average molecular weight is 293 g/mol. The third-order valence-corrected chi connectivity index (χ3v) is 3.18. The minimum absolute atomic E-state index is 0.0164. The van der Waals surface area contributed by atoms with Crippen molar-refractivity contribution in [3.8, 4) is 5.75 Å². The molecule has 114 valence electrons. The first-order valence-corrected chi connectivity index (χ1v) is 6.73. The van der Waals surface area contributed by atoms with E-state index in [-0.39, 0.29) is 11.7 Å². The lowest BCUT2D eigenvalue weighted by molar-refractivity contribution is -0.138. The van der Waals surface area contributed by atoms with Gasteiger partial charge < -0.3 is 14.9 Å². The van der Waals surface area contributed by atoms with Gasteiger partial charge in [0.15, 0.2) is 0 Å². The van der Waals surface area contributed by atoms with Crippen LogP contribution in [0.1, 0.15) is 38.7 Å². The molecule has 0 aliphatic heterocycles. The monoisotopic (exact) mass is 293 g/mol. The van der Waals surface area contributed by atoms with Gasteiger partial charge in [0.05, 0.1) is 5.92 Å². The predicted octanol–water partition coefficient (Wildman–Crippen LogP) is 2.93. The number of amides is 1. The van der Waals surface area contributed by atoms with Crippen molar-refractivity contribution in [2.45, 2.75) is 38.7 Å². The number of phenolic OH excluding ortho intramolecular Hbond substituents is 1. The molecule has 1 aliphatic rings. The van der Waals surface area contributed by atoms with Crippen molar-refractivity contribution in [2.75, 3.05) is 5.32 Å². The van der Waals surface area contributed by atoms with E-state index in [2.05, 4.69) is 5.32 Å². The van der Waals surface area contributed by atoms with E-state index in [1.807, 2.05) is 0 Å². The summed E-state index contributed by atoms with van der Waals surface area (Å²) in [5.41, 5.74) is 0.393. The fourth-order valence-corrected chi connectivity index (χ4v) is 2.17. The summed E-state index contributed by atoms with van der Waals surface area (Å²) in [6.45, 7) is 5.27. The Hall–Kier alpha value is -2.24. The summed E-state index contributed by atoms with van der Waals surface area (Å²) >= 11 is 0. The molecule has 1 aromatic carbocycles. The Balaban J connectivity index is 2.03. The van der Waals surface area contributed by atoms with Crippen molar-refractivity contribution < 1.29 is 24.5 Å². The van der Waals surface area contributed by atoms with Gasteiger partial charge in [-0.15, -0.1) is 0 Å². The molecule has 0 saturated heterocycles. The van der Waals surface area contributed by atoms with E-state index in [9.17, 15) is 14.7 Å². The second-order valence-electron chi connectivity index (χ2n) is 6.19. The van der Waals surface area contributed by atoms with Crippen molar-refractivity contribution in [3.05, 3.63) is 23.8 Å². The number of carbonyl (C=O) groups is 2. The molecule has 1 aliphatic carbocycles. The fraction of sp³-hybridized carbons (Fsp3) is 0.467. The van der Waals surface area contributed by atoms with Crippen LogP contribution in [0.2, 0.25) is 0 Å². The summed E-state index contributed by atoms with van der Waals surface area (Å²) in [6, 6.07) is 4.66. The molecule has 0 aromatic heterocycles. The number of hydrogen-bond acceptors (Lipinski definition) is 4. The highest BCUT2D eigenvalue weighted by Gasteiger charge is 2.45. The SMILES string of the molecule is CC(C)(C)OC(=O)Nc1ccc(C2CC2C(=O)O)c(O)c1. The van der Waals surface area contributed by atoms with E-state index in [0.717, 1.165) is 0 Å². The van der Waals surface area contributed by atoms with Crippen LogP contribution in [-0.2, 0) is 9.53 Å². The molecule has 2 rings (SSSR count). The molecule has 2 atom stereocenters. The van der Waals surface area contributed by atoms with E-state index in [1.54, 1.807) is 32.9 Å². The molecule has 0 spiro atoms. The molecular weight excluding hydrogens is 274 g/mol. The van der Waals surface area contributed by atoms with Gasteiger partial charge in [0.25, 0.3) is 0 Å². The van der Waals surface area contributed by atoms with Crippen LogP contribution in [0.15, 0.2) is 18.2 Å². The van der Waals surface area contributed by atoms with Crippen molar-refractivity contribution in [3.63, 3.8) is 0 Å². The van der Waals surface area contributed by atoms with Crippen LogP contribution in [0.25, 0.3) is 0 Å². The highest BCUT2D eigenvalue weighted by atomic mass is 16.6. The van der Waals surface area contributed by atoms with Gasteiger partial charge in [-0.25, -0.2) is 4.79 Å². The Labute approximate surface area is 122 Å². The van der Waals surface area contributed by atoms with E-state index >= 15 is 0 Å². The molecule has 0 bridgehead atoms. The number of carboxylic acids is 1. The van der Waals surface area contributed by atoms with Gasteiger partial charge in [-0.3, -0.25) is 10.1 Å². The van der Waals surface area contributed by atoms with E-state index in [1.165, 1.54) is 6.07 Å². The predicted molar refractivity (Wildman–Crippen MR) is 76.4 cm³/mol. The molecule has 6 nitrogen and oxygen atoms in total. The Bertz CT molecular complexity index is 576. The molecule has 0 heterocycles. The largest absolute Gasteiger partial charge is 0.508 e. The second kappa shape index (κ2) is 5.27. The van der Waals surface area contributed by atoms with Gasteiger partial charge in [0, 0.05) is 17.7 Å². The summed E-state index contributed by atoms with van der Waals surface area (Å²) in [6.07, 6.45) is -0.0775. The number of hydrogen-bond donors (Lipinski definition) is 3. The van der Waals surface area contributed by atoms with Gasteiger partial charge in [0.1, 0.15) is 11.4 Å². The van der Waals surface area contributed by atoms with Crippen LogP contribution in [0.5, 0.6) is 5.75 Å². The zero-order valence-corrected chi connectivity index (χ0v) is 12.2. The summed E-state index contributed by atoms with van der Waals surface area (Å²) in [7, 11) is 0. The summed E-state index contributed by atoms with van der Waals surface area (Å²) in [5, 5.41) is 21.4. The van der Waals surface area contributed by atoms with Crippen molar-refractivity contribution in [1.82, 2.24) is 0 Å². The Kier molecular flexibility index (Phi) is 3.80. The number of nitrogens with one attached hydrogen (secondary N) is 1. The Morgan fingerprint density at radius 3 is 2.48 bits per heavy atom. The number of ether oxygens (including phenoxy) is 1. The third kappa shape index (κ3) is 3.87. The van der Waals surface area contributed by atoms with Crippen LogP contribution in [0, 0.1) is 5.92 Å². The smallest absolute Gasteiger partial charge is 0.412 e. The number of rotatable bonds is 3. The van der Waals surface area contributed by atoms with E-state index < -0.39 is 23.6 Å². The third-order valence-electron chi connectivity index (χ3n) is 3.18. The van der Waals surface area contributed by atoms with Crippen molar-refractivity contribution in [1.29, 1.82) is 0 Å². The van der Waals surface area contributed by atoms with Gasteiger partial charge in [-0.1, -0.05) is 6.07 Å². The molecule has 1 fully saturated rings. The first-order chi connectivity index (χ1) is 9.67. The lowest BCUT2D eigenvalue weighted by Gasteiger charge is -2.19. The van der Waals surface area contributed by atoms with E-state index in [4.69, 9.17) is 9.84 Å². The molecule has 6 heteroatoms. The number of phenols is 1. The van der Waals surface area contributed by atoms with Crippen molar-refractivity contribution in [2.24, 2.45) is 5.92 Å². The Morgan fingerprint density at radius 2 is 2.00 bits per heavy atom. The van der Waals surface area contributed by atoms with Gasteiger partial charge in [-0.2, -0.15) is 0 Å². The molecule has 3 N–H and O–H groups in total. The topological polar surface area (TPSA) is 95.9 Å². The summed E-state index contributed by atoms with van der Waals surface area (Å²) < 4.78 is 5.11. The number of benzene rings is 1. The zero-order chi connectivity index (χ0) is 15.8. The number of carboxylic acid groups (broad SMARTS) is 1. The molecule has 1 aromatic rings. The first kappa shape index (κ1) is 15.2. The summed E-state index contributed by atoms with van der Waals surface area (Å²) in [5.74, 6) is -1.45. The maximum atomic E-state index is 11.6. The number of aromatic hydroxyl groups is 1. The van der Waals surface area contributed by atoms with E-state index in [0.29, 0.717) is 17.7 Å². The van der Waals surface area contributed by atoms with Crippen LogP contribution < -0.4 is 5.32 Å². The standard InChI is InChI=1S/C15H19NO5/c1-15(2,3)21-14(20)16-8-4-5-9(12(17)6-8)10-7-11(10)13(18)19/h4-6,10-11,17H,7H2,1-3H3,(H,16,20)(H,18,19). The molecule has 21 heavy (non-hydrogen) atoms. The summed E-state index contributed by atoms with van der Waals surface area (Å²) in [4.78, 5) is 22.5. The molecule has 1 amide bonds. The van der Waals surface area contributed by atoms with Crippen LogP contribution in [0.4, 0.5) is 10.5 Å². The highest BCUT2D eigenvalue weighted by molar-refractivity contribution is 5.85. The van der Waals surface area contributed by atoms with Gasteiger partial charge in [0.2, 0.25) is 0 Å². The molecule has 0 radical (unpaired) electrons. The minimum atomic E-state index is -0.852. The second-order valence-corrected chi connectivity index (χ2v) is 6.19. The normalized spacial score (nSPS) is 20.7.